The number of rotatable bonds is 2. The van der Waals surface area contributed by atoms with Gasteiger partial charge in [0, 0.05) is 12.8 Å². The van der Waals surface area contributed by atoms with E-state index in [1.54, 1.807) is 0 Å². The summed E-state index contributed by atoms with van der Waals surface area (Å²) in [6.45, 7) is 0. The second kappa shape index (κ2) is 5.56. The number of nitriles is 3. The SMILES string of the molecule is N#CC1(C#N)[C@@H]2CCCC[C@@]23OC(=N)[C@@]1(C#N)[C@H](Cc1ccccc1)O3. The van der Waals surface area contributed by atoms with Gasteiger partial charge in [0.2, 0.25) is 11.7 Å². The molecule has 1 saturated carbocycles. The van der Waals surface area contributed by atoms with E-state index in [4.69, 9.17) is 14.9 Å². The van der Waals surface area contributed by atoms with Crippen molar-refractivity contribution in [2.45, 2.75) is 44.0 Å². The van der Waals surface area contributed by atoms with Crippen molar-refractivity contribution in [3.05, 3.63) is 35.9 Å². The summed E-state index contributed by atoms with van der Waals surface area (Å²) >= 11 is 0. The minimum atomic E-state index is -1.73. The van der Waals surface area contributed by atoms with E-state index < -0.39 is 28.6 Å². The van der Waals surface area contributed by atoms with E-state index in [2.05, 4.69) is 18.2 Å². The number of hydrogen-bond acceptors (Lipinski definition) is 6. The Kier molecular flexibility index (Phi) is 3.55. The fourth-order valence-corrected chi connectivity index (χ4v) is 4.98. The van der Waals surface area contributed by atoms with Crippen LogP contribution in [0.4, 0.5) is 0 Å². The molecule has 3 heterocycles. The van der Waals surface area contributed by atoms with Gasteiger partial charge in [0.15, 0.2) is 10.8 Å². The van der Waals surface area contributed by atoms with Crippen molar-refractivity contribution in [2.24, 2.45) is 16.7 Å². The Morgan fingerprint density at radius 1 is 1.08 bits per heavy atom. The van der Waals surface area contributed by atoms with Crippen molar-refractivity contribution in [3.8, 4) is 18.2 Å². The van der Waals surface area contributed by atoms with Crippen LogP contribution in [-0.4, -0.2) is 17.8 Å². The lowest BCUT2D eigenvalue weighted by atomic mass is 9.48. The lowest BCUT2D eigenvalue weighted by Gasteiger charge is -2.63. The van der Waals surface area contributed by atoms with Crippen molar-refractivity contribution in [1.82, 2.24) is 0 Å². The van der Waals surface area contributed by atoms with E-state index in [1.165, 1.54) is 0 Å². The number of hydrogen-bond donors (Lipinski definition) is 1. The van der Waals surface area contributed by atoms with Gasteiger partial charge in [-0.3, -0.25) is 5.41 Å². The highest BCUT2D eigenvalue weighted by Gasteiger charge is 2.79. The van der Waals surface area contributed by atoms with Gasteiger partial charge in [0.25, 0.3) is 0 Å². The average Bonchev–Trinajstić information content (AvgIpc) is 2.67. The van der Waals surface area contributed by atoms with Crippen LogP contribution in [0, 0.1) is 56.2 Å². The molecule has 0 unspecified atom stereocenters. The number of ether oxygens (including phenoxy) is 2. The first-order valence-electron chi connectivity index (χ1n) is 8.82. The van der Waals surface area contributed by atoms with Gasteiger partial charge in [-0.15, -0.1) is 0 Å². The van der Waals surface area contributed by atoms with E-state index in [1.807, 2.05) is 30.3 Å². The first-order valence-corrected chi connectivity index (χ1v) is 8.82. The molecule has 3 saturated heterocycles. The number of fused-ring (bicyclic) bond motifs is 2. The molecule has 5 rings (SSSR count). The van der Waals surface area contributed by atoms with Crippen LogP contribution >= 0.6 is 0 Å². The van der Waals surface area contributed by atoms with Gasteiger partial charge in [0.1, 0.15) is 0 Å². The number of nitrogens with one attached hydrogen (secondary N) is 1. The summed E-state index contributed by atoms with van der Waals surface area (Å²) in [7, 11) is 0. The molecule has 1 aromatic carbocycles. The fraction of sp³-hybridized carbons (Fsp3) is 0.500. The van der Waals surface area contributed by atoms with Gasteiger partial charge in [-0.05, 0) is 18.4 Å². The minimum Gasteiger partial charge on any atom is -0.447 e. The standard InChI is InChI=1S/C20H18N4O2/c21-11-18(12-22)15-8-4-5-9-20(15)25-16(10-14-6-2-1-3-7-14)19(18,13-23)17(24)26-20/h1-3,6-7,15-16,24H,4-5,8-10H2/t15-,16-,19+,20+/m0/s1. The molecule has 0 radical (unpaired) electrons. The zero-order chi connectivity index (χ0) is 18.4. The summed E-state index contributed by atoms with van der Waals surface area (Å²) in [5, 5.41) is 38.7. The van der Waals surface area contributed by atoms with E-state index in [9.17, 15) is 15.8 Å². The molecule has 26 heavy (non-hydrogen) atoms. The number of benzene rings is 1. The molecule has 1 N–H and O–H groups in total. The van der Waals surface area contributed by atoms with Crippen LogP contribution in [0.5, 0.6) is 0 Å². The summed E-state index contributed by atoms with van der Waals surface area (Å²) in [6, 6.07) is 15.9. The third kappa shape index (κ3) is 1.79. The highest BCUT2D eigenvalue weighted by Crippen LogP contribution is 2.65. The molecule has 0 amide bonds. The Morgan fingerprint density at radius 2 is 1.81 bits per heavy atom. The Balaban J connectivity index is 1.90. The van der Waals surface area contributed by atoms with E-state index in [-0.39, 0.29) is 5.90 Å². The molecule has 4 aliphatic rings. The molecule has 6 heteroatoms. The largest absolute Gasteiger partial charge is 0.447 e. The molecule has 2 bridgehead atoms. The normalized spacial score (nSPS) is 36.7. The summed E-state index contributed by atoms with van der Waals surface area (Å²) in [4.78, 5) is 0. The summed E-state index contributed by atoms with van der Waals surface area (Å²) in [5.74, 6) is -1.98. The average molecular weight is 346 g/mol. The highest BCUT2D eigenvalue weighted by atomic mass is 16.7. The Labute approximate surface area is 152 Å². The van der Waals surface area contributed by atoms with Gasteiger partial charge in [-0.1, -0.05) is 36.8 Å². The maximum absolute atomic E-state index is 10.1. The molecule has 0 aromatic heterocycles. The Morgan fingerprint density at radius 3 is 2.46 bits per heavy atom. The third-order valence-electron chi connectivity index (χ3n) is 6.19. The van der Waals surface area contributed by atoms with Crippen LogP contribution in [0.2, 0.25) is 0 Å². The van der Waals surface area contributed by atoms with Crippen molar-refractivity contribution in [3.63, 3.8) is 0 Å². The predicted octanol–water partition coefficient (Wildman–Crippen LogP) is 3.07. The predicted molar refractivity (Wildman–Crippen MR) is 90.2 cm³/mol. The fourth-order valence-electron chi connectivity index (χ4n) is 4.98. The molecule has 6 nitrogen and oxygen atoms in total. The smallest absolute Gasteiger partial charge is 0.217 e. The quantitative estimate of drug-likeness (QED) is 0.884. The van der Waals surface area contributed by atoms with Gasteiger partial charge >= 0.3 is 0 Å². The molecule has 4 fully saturated rings. The maximum atomic E-state index is 10.1. The molecule has 1 spiro atoms. The van der Waals surface area contributed by atoms with E-state index >= 15 is 0 Å². The number of nitrogens with zero attached hydrogens (tertiary/aromatic N) is 3. The molecular weight excluding hydrogens is 328 g/mol. The molecule has 130 valence electrons. The van der Waals surface area contributed by atoms with Gasteiger partial charge in [-0.25, -0.2) is 0 Å². The van der Waals surface area contributed by atoms with Crippen LogP contribution in [0.1, 0.15) is 31.2 Å². The van der Waals surface area contributed by atoms with Crippen molar-refractivity contribution in [2.75, 3.05) is 0 Å². The van der Waals surface area contributed by atoms with Gasteiger partial charge in [-0.2, -0.15) is 15.8 Å². The lowest BCUT2D eigenvalue weighted by molar-refractivity contribution is -0.357. The zero-order valence-electron chi connectivity index (χ0n) is 14.2. The zero-order valence-corrected chi connectivity index (χ0v) is 14.2. The molecule has 1 aliphatic carbocycles. The van der Waals surface area contributed by atoms with E-state index in [0.717, 1.165) is 18.4 Å². The van der Waals surface area contributed by atoms with Crippen LogP contribution < -0.4 is 0 Å². The minimum absolute atomic E-state index is 0.298. The Bertz CT molecular complexity index is 864. The van der Waals surface area contributed by atoms with E-state index in [0.29, 0.717) is 19.3 Å². The van der Waals surface area contributed by atoms with Crippen LogP contribution in [-0.2, 0) is 15.9 Å². The summed E-state index contributed by atoms with van der Waals surface area (Å²) in [6.07, 6.45) is 2.37. The lowest BCUT2D eigenvalue weighted by Crippen LogP contribution is -2.76. The Hall–Kier alpha value is -2.88. The van der Waals surface area contributed by atoms with Crippen LogP contribution in [0.25, 0.3) is 0 Å². The first kappa shape index (κ1) is 16.6. The van der Waals surface area contributed by atoms with Crippen LogP contribution in [0.3, 0.4) is 0 Å². The van der Waals surface area contributed by atoms with Crippen molar-refractivity contribution in [1.29, 1.82) is 21.2 Å². The second-order valence-corrected chi connectivity index (χ2v) is 7.29. The molecule has 4 atom stereocenters. The maximum Gasteiger partial charge on any atom is 0.217 e. The highest BCUT2D eigenvalue weighted by molar-refractivity contribution is 5.88. The topological polar surface area (TPSA) is 114 Å². The van der Waals surface area contributed by atoms with Crippen molar-refractivity contribution >= 4 is 5.90 Å². The summed E-state index contributed by atoms with van der Waals surface area (Å²) in [5.41, 5.74) is -2.44. The van der Waals surface area contributed by atoms with Crippen molar-refractivity contribution < 1.29 is 9.47 Å². The molecular formula is C20H18N4O2. The van der Waals surface area contributed by atoms with Gasteiger partial charge in [0.05, 0.1) is 30.2 Å². The summed E-state index contributed by atoms with van der Waals surface area (Å²) < 4.78 is 12.2. The third-order valence-corrected chi connectivity index (χ3v) is 6.19. The molecule has 3 aliphatic heterocycles. The monoisotopic (exact) mass is 346 g/mol. The van der Waals surface area contributed by atoms with Crippen LogP contribution in [0.15, 0.2) is 30.3 Å². The second-order valence-electron chi connectivity index (χ2n) is 7.29. The first-order chi connectivity index (χ1) is 12.6. The molecule has 1 aromatic rings. The van der Waals surface area contributed by atoms with Gasteiger partial charge < -0.3 is 9.47 Å².